The molecule has 0 bridgehead atoms. The van der Waals surface area contributed by atoms with Gasteiger partial charge in [-0.1, -0.05) is 24.3 Å². The summed E-state index contributed by atoms with van der Waals surface area (Å²) < 4.78 is 7.74. The zero-order valence-corrected chi connectivity index (χ0v) is 20.3. The average Bonchev–Trinajstić information content (AvgIpc) is 3.51. The number of nitrogens with zero attached hydrogens (tertiary/aromatic N) is 5. The molecule has 0 saturated carbocycles. The topological polar surface area (TPSA) is 102 Å². The molecule has 0 spiro atoms. The quantitative estimate of drug-likeness (QED) is 0.428. The van der Waals surface area contributed by atoms with Crippen LogP contribution < -0.4 is 5.32 Å². The molecule has 1 aromatic carbocycles. The van der Waals surface area contributed by atoms with Gasteiger partial charge in [-0.25, -0.2) is 15.0 Å². The first-order chi connectivity index (χ1) is 17.5. The molecule has 0 aliphatic carbocycles. The SMILES string of the molecule is Cc1ccc(NC(=O)c2cccc([C@@H]3CCCN3C(=O)COCc3nc4ccccc4n3C)n2)nc1. The van der Waals surface area contributed by atoms with E-state index in [0.717, 1.165) is 35.3 Å². The van der Waals surface area contributed by atoms with E-state index in [4.69, 9.17) is 4.74 Å². The van der Waals surface area contributed by atoms with Gasteiger partial charge in [-0.3, -0.25) is 9.59 Å². The van der Waals surface area contributed by atoms with Gasteiger partial charge in [0.2, 0.25) is 5.91 Å². The number of imidazole rings is 1. The van der Waals surface area contributed by atoms with Crippen LogP contribution in [0.15, 0.2) is 60.8 Å². The Labute approximate surface area is 209 Å². The number of nitrogens with one attached hydrogen (secondary N) is 1. The minimum Gasteiger partial charge on any atom is -0.364 e. The Bertz CT molecular complexity index is 1400. The third-order valence-electron chi connectivity index (χ3n) is 6.41. The van der Waals surface area contributed by atoms with Gasteiger partial charge in [0.05, 0.1) is 22.8 Å². The molecule has 1 fully saturated rings. The monoisotopic (exact) mass is 484 g/mol. The Hall–Kier alpha value is -4.11. The highest BCUT2D eigenvalue weighted by atomic mass is 16.5. The summed E-state index contributed by atoms with van der Waals surface area (Å²) in [6.45, 7) is 2.77. The van der Waals surface area contributed by atoms with Crippen molar-refractivity contribution in [2.45, 2.75) is 32.4 Å². The fourth-order valence-electron chi connectivity index (χ4n) is 4.50. The number of carbonyl (C=O) groups is 2. The molecule has 1 saturated heterocycles. The van der Waals surface area contributed by atoms with Crippen LogP contribution in [-0.2, 0) is 23.2 Å². The number of likely N-dealkylation sites (tertiary alicyclic amines) is 1. The van der Waals surface area contributed by atoms with E-state index < -0.39 is 0 Å². The molecule has 3 aromatic heterocycles. The summed E-state index contributed by atoms with van der Waals surface area (Å²) in [6.07, 6.45) is 3.35. The Morgan fingerprint density at radius 1 is 1.08 bits per heavy atom. The van der Waals surface area contributed by atoms with Gasteiger partial charge >= 0.3 is 0 Å². The lowest BCUT2D eigenvalue weighted by molar-refractivity contribution is -0.137. The number of carbonyl (C=O) groups excluding carboxylic acids is 2. The largest absolute Gasteiger partial charge is 0.364 e. The zero-order chi connectivity index (χ0) is 25.1. The minimum atomic E-state index is -0.338. The number of anilines is 1. The summed E-state index contributed by atoms with van der Waals surface area (Å²) in [4.78, 5) is 40.9. The van der Waals surface area contributed by atoms with Gasteiger partial charge in [0.1, 0.15) is 30.5 Å². The van der Waals surface area contributed by atoms with Crippen LogP contribution in [0.2, 0.25) is 0 Å². The second-order valence-corrected chi connectivity index (χ2v) is 8.94. The lowest BCUT2D eigenvalue weighted by Gasteiger charge is -2.24. The summed E-state index contributed by atoms with van der Waals surface area (Å²) in [5.41, 5.74) is 3.91. The molecule has 0 radical (unpaired) electrons. The van der Waals surface area contributed by atoms with Gasteiger partial charge in [0.25, 0.3) is 5.91 Å². The van der Waals surface area contributed by atoms with Crippen LogP contribution in [0.3, 0.4) is 0 Å². The number of aryl methyl sites for hydroxylation is 2. The molecule has 1 aliphatic heterocycles. The van der Waals surface area contributed by atoms with Gasteiger partial charge in [0.15, 0.2) is 0 Å². The van der Waals surface area contributed by atoms with E-state index in [2.05, 4.69) is 20.3 Å². The Balaban J connectivity index is 1.22. The molecule has 0 unspecified atom stereocenters. The van der Waals surface area contributed by atoms with Gasteiger partial charge in [-0.15, -0.1) is 0 Å². The summed E-state index contributed by atoms with van der Waals surface area (Å²) in [5, 5.41) is 2.77. The predicted molar refractivity (Wildman–Crippen MR) is 135 cm³/mol. The Morgan fingerprint density at radius 3 is 2.75 bits per heavy atom. The fourth-order valence-corrected chi connectivity index (χ4v) is 4.50. The van der Waals surface area contributed by atoms with Gasteiger partial charge in [-0.05, 0) is 55.7 Å². The highest BCUT2D eigenvalue weighted by Crippen LogP contribution is 2.31. The second-order valence-electron chi connectivity index (χ2n) is 8.94. The van der Waals surface area contributed by atoms with E-state index in [-0.39, 0.29) is 36.8 Å². The summed E-state index contributed by atoms with van der Waals surface area (Å²) in [6, 6.07) is 16.6. The average molecular weight is 485 g/mol. The fraction of sp³-hybridized carbons (Fsp3) is 0.296. The first-order valence-electron chi connectivity index (χ1n) is 12.0. The number of aromatic nitrogens is 4. The van der Waals surface area contributed by atoms with E-state index in [1.54, 1.807) is 29.3 Å². The third-order valence-corrected chi connectivity index (χ3v) is 6.41. The summed E-state index contributed by atoms with van der Waals surface area (Å²) in [7, 11) is 1.94. The number of pyridine rings is 2. The first-order valence-corrected chi connectivity index (χ1v) is 12.0. The summed E-state index contributed by atoms with van der Waals surface area (Å²) in [5.74, 6) is 0.797. The predicted octanol–water partition coefficient (Wildman–Crippen LogP) is 3.80. The van der Waals surface area contributed by atoms with E-state index >= 15 is 0 Å². The lowest BCUT2D eigenvalue weighted by Crippen LogP contribution is -2.34. The van der Waals surface area contributed by atoms with Crippen molar-refractivity contribution in [1.29, 1.82) is 0 Å². The standard InChI is InChI=1S/C27H28N6O3/c1-18-12-13-24(28-15-18)31-27(35)21-9-5-8-20(29-21)23-11-6-14-33(23)26(34)17-36-16-25-30-19-7-3-4-10-22(19)32(25)2/h3-5,7-10,12-13,15,23H,6,11,14,16-17H2,1-2H3,(H,28,31,35)/t23-/m0/s1. The van der Waals surface area contributed by atoms with Crippen molar-refractivity contribution < 1.29 is 14.3 Å². The molecule has 9 heteroatoms. The second kappa shape index (κ2) is 10.2. The van der Waals surface area contributed by atoms with E-state index in [1.807, 2.05) is 54.9 Å². The normalized spacial score (nSPS) is 15.4. The van der Waals surface area contributed by atoms with E-state index in [0.29, 0.717) is 18.1 Å². The Morgan fingerprint density at radius 2 is 1.94 bits per heavy atom. The smallest absolute Gasteiger partial charge is 0.275 e. The molecule has 2 amide bonds. The molecule has 1 N–H and O–H groups in total. The van der Waals surface area contributed by atoms with E-state index in [1.165, 1.54) is 0 Å². The number of hydrogen-bond donors (Lipinski definition) is 1. The number of amides is 2. The van der Waals surface area contributed by atoms with Crippen molar-refractivity contribution in [1.82, 2.24) is 24.4 Å². The van der Waals surface area contributed by atoms with Crippen molar-refractivity contribution >= 4 is 28.7 Å². The number of fused-ring (bicyclic) bond motifs is 1. The number of benzene rings is 1. The van der Waals surface area contributed by atoms with Crippen LogP contribution in [0.25, 0.3) is 11.0 Å². The van der Waals surface area contributed by atoms with Crippen LogP contribution in [0.1, 0.15) is 46.5 Å². The van der Waals surface area contributed by atoms with Crippen molar-refractivity contribution in [3.8, 4) is 0 Å². The molecule has 184 valence electrons. The van der Waals surface area contributed by atoms with Gasteiger partial charge in [-0.2, -0.15) is 0 Å². The van der Waals surface area contributed by atoms with Crippen LogP contribution in [0, 0.1) is 6.92 Å². The molecule has 1 aliphatic rings. The lowest BCUT2D eigenvalue weighted by atomic mass is 10.1. The minimum absolute atomic E-state index is 0.0427. The zero-order valence-electron chi connectivity index (χ0n) is 20.3. The molecule has 5 rings (SSSR count). The van der Waals surface area contributed by atoms with Crippen molar-refractivity contribution in [3.05, 3.63) is 83.6 Å². The Kier molecular flexibility index (Phi) is 6.73. The maximum absolute atomic E-state index is 13.0. The number of hydrogen-bond acceptors (Lipinski definition) is 6. The molecular weight excluding hydrogens is 456 g/mol. The maximum atomic E-state index is 13.0. The number of para-hydroxylation sites is 2. The molecule has 4 aromatic rings. The van der Waals surface area contributed by atoms with Crippen LogP contribution in [0.4, 0.5) is 5.82 Å². The molecular formula is C27H28N6O3. The maximum Gasteiger partial charge on any atom is 0.275 e. The highest BCUT2D eigenvalue weighted by molar-refractivity contribution is 6.02. The molecule has 36 heavy (non-hydrogen) atoms. The number of ether oxygens (including phenoxy) is 1. The molecule has 4 heterocycles. The first kappa shape index (κ1) is 23.6. The third kappa shape index (κ3) is 4.96. The van der Waals surface area contributed by atoms with Crippen molar-refractivity contribution in [3.63, 3.8) is 0 Å². The van der Waals surface area contributed by atoms with Crippen molar-refractivity contribution in [2.24, 2.45) is 7.05 Å². The van der Waals surface area contributed by atoms with Crippen molar-refractivity contribution in [2.75, 3.05) is 18.5 Å². The summed E-state index contributed by atoms with van der Waals surface area (Å²) >= 11 is 0. The molecule has 1 atom stereocenters. The van der Waals surface area contributed by atoms with Gasteiger partial charge < -0.3 is 19.5 Å². The number of rotatable bonds is 7. The van der Waals surface area contributed by atoms with Crippen LogP contribution in [0.5, 0.6) is 0 Å². The van der Waals surface area contributed by atoms with Crippen LogP contribution in [-0.4, -0.2) is 49.4 Å². The van der Waals surface area contributed by atoms with E-state index in [9.17, 15) is 9.59 Å². The highest BCUT2D eigenvalue weighted by Gasteiger charge is 2.31. The molecule has 9 nitrogen and oxygen atoms in total. The van der Waals surface area contributed by atoms with Gasteiger partial charge in [0, 0.05) is 19.8 Å². The van der Waals surface area contributed by atoms with Crippen LogP contribution >= 0.6 is 0 Å².